The number of fused-ring (bicyclic) bond motifs is 12. The molecule has 120 heavy (non-hydrogen) atoms. The minimum absolute atomic E-state index is 0.0130. The van der Waals surface area contributed by atoms with Crippen LogP contribution in [0.1, 0.15) is 293 Å². The molecule has 2 unspecified atom stereocenters. The Kier molecular flexibility index (Phi) is 24.3. The van der Waals surface area contributed by atoms with Gasteiger partial charge in [0, 0.05) is 67.0 Å². The zero-order chi connectivity index (χ0) is 87.7. The fraction of sp³-hybridized carbons (Fsp3) is 0.722. The maximum Gasteiger partial charge on any atom is 0.310 e. The first kappa shape index (κ1) is 89.9. The number of hydrogen-bond acceptors (Lipinski definition) is 19. The minimum Gasteiger partial charge on any atom is -0.481 e. The van der Waals surface area contributed by atoms with Gasteiger partial charge in [0.15, 0.2) is 34.9 Å². The fourth-order valence-corrected chi connectivity index (χ4v) is 27.3. The third kappa shape index (κ3) is 14.6. The van der Waals surface area contributed by atoms with Crippen LogP contribution in [0.5, 0.6) is 0 Å². The topological polar surface area (TPSA) is 330 Å². The lowest BCUT2D eigenvalue weighted by atomic mass is 9.33. The molecule has 652 valence electrons. The monoisotopic (exact) mass is 1650 g/mol. The van der Waals surface area contributed by atoms with E-state index in [-0.39, 0.29) is 117 Å². The number of carboxylic acids is 2. The molecule has 1 aromatic carbocycles. The van der Waals surface area contributed by atoms with Gasteiger partial charge in [-0.25, -0.2) is 0 Å². The molecule has 0 amide bonds. The lowest BCUT2D eigenvalue weighted by Gasteiger charge is -2.72. The number of aliphatic carboxylic acids is 2. The van der Waals surface area contributed by atoms with E-state index >= 15 is 4.79 Å². The third-order valence-corrected chi connectivity index (χ3v) is 34.7. The molecule has 4 aromatic rings. The van der Waals surface area contributed by atoms with Gasteiger partial charge in [0.1, 0.15) is 36.2 Å². The fourth-order valence-electron chi connectivity index (χ4n) is 27.3. The number of nitriles is 2. The Balaban J connectivity index is 0.727. The Hall–Kier alpha value is -7.83. The number of rotatable bonds is 28. The number of aliphatic hydroxyl groups excluding tert-OH is 2. The summed E-state index contributed by atoms with van der Waals surface area (Å²) in [6.45, 7) is 38.8. The van der Waals surface area contributed by atoms with Gasteiger partial charge in [-0.2, -0.15) is 10.5 Å². The molecule has 3 heterocycles. The number of carbonyl (C=O) groups excluding carboxylic acids is 4. The second-order valence-corrected chi connectivity index (χ2v) is 43.0. The number of Topliss-reactive ketones (excluding diaryl/α,β-unsaturated/α-hetero) is 2. The summed E-state index contributed by atoms with van der Waals surface area (Å²) < 4.78 is 16.7. The first-order chi connectivity index (χ1) is 56.2. The summed E-state index contributed by atoms with van der Waals surface area (Å²) in [5.41, 5.74) is -0.439. The second kappa shape index (κ2) is 32.4. The average Bonchev–Trinajstić information content (AvgIpc) is 1.57. The highest BCUT2D eigenvalue weighted by Gasteiger charge is 2.73. The lowest BCUT2D eigenvalue weighted by Crippen LogP contribution is -2.66. The normalized spacial score (nSPS) is 33.3. The van der Waals surface area contributed by atoms with E-state index in [2.05, 4.69) is 117 Å². The summed E-state index contributed by atoms with van der Waals surface area (Å²) in [5.74, 6) is -0.595. The quantitative estimate of drug-likeness (QED) is 0.0384. The van der Waals surface area contributed by atoms with E-state index in [1.807, 2.05) is 49.1 Å². The molecule has 4 N–H and O–H groups in total. The zero-order valence-corrected chi connectivity index (χ0v) is 75.8. The number of ketones is 2. The van der Waals surface area contributed by atoms with Gasteiger partial charge in [0.05, 0.1) is 40.9 Å². The van der Waals surface area contributed by atoms with Crippen molar-refractivity contribution in [3.63, 3.8) is 0 Å². The first-order valence-corrected chi connectivity index (χ1v) is 45.0. The predicted molar refractivity (Wildman–Crippen MR) is 456 cm³/mol. The van der Waals surface area contributed by atoms with E-state index < -0.39 is 75.7 Å². The number of ether oxygens (including phenoxy) is 2. The highest BCUT2D eigenvalue weighted by molar-refractivity contribution is 6.01. The molecular weight excluding hydrogens is 1510 g/mol. The number of benzene rings is 1. The Labute approximate surface area is 712 Å². The molecule has 7 fully saturated rings. The van der Waals surface area contributed by atoms with Crippen LogP contribution in [0.3, 0.4) is 0 Å². The van der Waals surface area contributed by atoms with Gasteiger partial charge in [-0.05, 0) is 303 Å². The number of carboxylic acid groups (broad SMARTS) is 2. The van der Waals surface area contributed by atoms with Gasteiger partial charge in [0.25, 0.3) is 0 Å². The standard InChI is InChI=1S/C97H137N11O12/c1-22-63(119-73(111)51-87(7,8)85(115)116)32-35-90(12)58(6)31-37-94(16)70(90)29-26-64-77-75(56(2)3)67(109)49-96(77,41-39-92(64,94)14)79(113)83-103-101-81(107(83)45-43-105(18)19)60-24-25-61(54-99)62(47-60)48-89(11,86(117)118)52-74(112)120-72-34-36-91(13)69(88(72,9)10)33-38-95(17)71(91)30-27-65-78-76(57(4)5)68(110)50-97(78,42-40-93(65,95)15)80(114)84-104-102-82(108(84)46-44-106(20)21)66-28-23-59(53-98)55-100-66/h23-25,28,47,55-58,63-65,69-72,79-80,113-114H,22,26-27,29-46,48-52H2,1-21H3,(H,115,116)(H,117,118)/t58-,63-,64-,65-,69?,70-,71-,72+,79-,80+,89?,90+,91+,92-,93-,94-,95-,96-,97-/m1/s1. The van der Waals surface area contributed by atoms with Crippen LogP contribution < -0.4 is 0 Å². The Morgan fingerprint density at radius 2 is 1.17 bits per heavy atom. The first-order valence-electron chi connectivity index (χ1n) is 45.0. The van der Waals surface area contributed by atoms with Crippen molar-refractivity contribution in [1.82, 2.24) is 44.3 Å². The van der Waals surface area contributed by atoms with Crippen molar-refractivity contribution in [3.05, 3.63) is 87.2 Å². The molecule has 0 aliphatic heterocycles. The van der Waals surface area contributed by atoms with Crippen molar-refractivity contribution in [3.8, 4) is 35.0 Å². The number of likely N-dealkylation sites (N-methyl/N-ethyl adjacent to an activating group) is 2. The van der Waals surface area contributed by atoms with Crippen LogP contribution in [0.4, 0.5) is 0 Å². The zero-order valence-electron chi connectivity index (χ0n) is 75.8. The average molecular weight is 1650 g/mol. The van der Waals surface area contributed by atoms with Crippen LogP contribution in [0.2, 0.25) is 0 Å². The molecule has 19 atom stereocenters. The summed E-state index contributed by atoms with van der Waals surface area (Å²) in [7, 11) is 7.93. The van der Waals surface area contributed by atoms with Crippen molar-refractivity contribution in [2.75, 3.05) is 41.3 Å². The SMILES string of the molecule is CC[C@H](CC[C@@]1(C)[C@H](C)CC[C@]2(C)[C@@H]1CC[C@@H]1C3=C(C(C)C)C(=O)C[C@]3([C@H](O)c3nnc(-c4ccc(C#N)c(CC(C)(CC(=O)O[C@H]5CC[C@@]6(C)C(CC[C@]7(C)[C@@H]6CC[C@@H]6C8=C(C(C)C)C(=O)C[C@]8([C@@H](O)c8nnc(-c9ccc(C#N)cn9)n8CCN(C)C)CC[C@]67C)C5(C)C)C(=O)O)c4)n3CCN(C)C)CC[C@]12C)OC(=O)CC(C)(C)C(=O)O. The van der Waals surface area contributed by atoms with E-state index in [1.165, 1.54) is 6.20 Å². The van der Waals surface area contributed by atoms with E-state index in [1.54, 1.807) is 51.1 Å². The Bertz CT molecular complexity index is 4820. The summed E-state index contributed by atoms with van der Waals surface area (Å²) in [4.78, 5) is 92.8. The van der Waals surface area contributed by atoms with Gasteiger partial charge in [-0.3, -0.25) is 33.8 Å². The van der Waals surface area contributed by atoms with Gasteiger partial charge in [-0.1, -0.05) is 96.9 Å². The van der Waals surface area contributed by atoms with Crippen molar-refractivity contribution in [2.24, 2.45) is 107 Å². The van der Waals surface area contributed by atoms with Gasteiger partial charge in [-0.15, -0.1) is 20.4 Å². The molecule has 3 aromatic heterocycles. The number of aromatic nitrogens is 7. The van der Waals surface area contributed by atoms with Crippen molar-refractivity contribution in [1.29, 1.82) is 10.5 Å². The molecule has 13 rings (SSSR count). The largest absolute Gasteiger partial charge is 0.481 e. The van der Waals surface area contributed by atoms with Crippen LogP contribution in [0.25, 0.3) is 22.9 Å². The molecule has 7 saturated carbocycles. The molecule has 0 radical (unpaired) electrons. The summed E-state index contributed by atoms with van der Waals surface area (Å²) in [5, 5.41) is 87.8. The van der Waals surface area contributed by atoms with E-state index in [0.717, 1.165) is 99.3 Å². The van der Waals surface area contributed by atoms with E-state index in [4.69, 9.17) is 24.8 Å². The molecule has 9 aliphatic carbocycles. The Morgan fingerprint density at radius 3 is 1.68 bits per heavy atom. The number of esters is 2. The number of carbonyl (C=O) groups is 6. The van der Waals surface area contributed by atoms with Crippen LogP contribution in [0, 0.1) is 130 Å². The van der Waals surface area contributed by atoms with Crippen molar-refractivity contribution in [2.45, 2.75) is 296 Å². The highest BCUT2D eigenvalue weighted by Crippen LogP contribution is 2.79. The number of nitrogens with zero attached hydrogens (tertiary/aromatic N) is 11. The second-order valence-electron chi connectivity index (χ2n) is 43.0. The maximum atomic E-state index is 15.1. The summed E-state index contributed by atoms with van der Waals surface area (Å²) in [6, 6.07) is 13.2. The lowest BCUT2D eigenvalue weighted by molar-refractivity contribution is -0.235. The van der Waals surface area contributed by atoms with Crippen LogP contribution in [-0.2, 0) is 57.8 Å². The maximum absolute atomic E-state index is 15.1. The smallest absolute Gasteiger partial charge is 0.310 e. The van der Waals surface area contributed by atoms with E-state index in [9.17, 15) is 54.9 Å². The number of allylic oxidation sites excluding steroid dienone is 2. The minimum atomic E-state index is -1.72. The number of pyridine rings is 1. The van der Waals surface area contributed by atoms with Gasteiger partial charge >= 0.3 is 23.9 Å². The van der Waals surface area contributed by atoms with Crippen molar-refractivity contribution >= 4 is 35.4 Å². The van der Waals surface area contributed by atoms with E-state index in [0.29, 0.717) is 116 Å². The van der Waals surface area contributed by atoms with Crippen LogP contribution in [0.15, 0.2) is 58.8 Å². The molecule has 23 heteroatoms. The summed E-state index contributed by atoms with van der Waals surface area (Å²) in [6.07, 6.45) is 11.4. The molecule has 0 saturated heterocycles. The van der Waals surface area contributed by atoms with Crippen LogP contribution >= 0.6 is 0 Å². The van der Waals surface area contributed by atoms with Crippen LogP contribution in [-0.4, -0.2) is 154 Å². The van der Waals surface area contributed by atoms with Crippen molar-refractivity contribution < 1.29 is 58.7 Å². The molecule has 0 bridgehead atoms. The number of hydrogen-bond donors (Lipinski definition) is 4. The molecule has 0 spiro atoms. The predicted octanol–water partition coefficient (Wildman–Crippen LogP) is 16.9. The van der Waals surface area contributed by atoms with Gasteiger partial charge in [0.2, 0.25) is 0 Å². The molecule has 23 nitrogen and oxygen atoms in total. The third-order valence-electron chi connectivity index (χ3n) is 34.7. The molecular formula is C97H137N11O12. The summed E-state index contributed by atoms with van der Waals surface area (Å²) >= 11 is 0. The molecule has 9 aliphatic rings. The highest BCUT2D eigenvalue weighted by atomic mass is 16.5. The Morgan fingerprint density at radius 1 is 0.625 bits per heavy atom. The van der Waals surface area contributed by atoms with Gasteiger partial charge < -0.3 is 48.8 Å². The number of aliphatic hydroxyl groups is 2.